The van der Waals surface area contributed by atoms with Crippen molar-refractivity contribution < 1.29 is 29.8 Å². The van der Waals surface area contributed by atoms with Crippen LogP contribution in [0.3, 0.4) is 0 Å². The third-order valence-electron chi connectivity index (χ3n) is 5.38. The molecule has 15 heteroatoms. The molecule has 1 aromatic carbocycles. The van der Waals surface area contributed by atoms with E-state index in [1.807, 2.05) is 0 Å². The van der Waals surface area contributed by atoms with Crippen molar-refractivity contribution in [1.29, 1.82) is 0 Å². The molecule has 2 fully saturated rings. The van der Waals surface area contributed by atoms with Gasteiger partial charge in [-0.2, -0.15) is 0 Å². The molecule has 4 N–H and O–H groups in total. The lowest BCUT2D eigenvalue weighted by molar-refractivity contribution is -0.157. The Morgan fingerprint density at radius 3 is 2.85 bits per heavy atom. The number of aromatic hydroxyl groups is 1. The Kier molecular flexibility index (Phi) is 6.16. The number of hydrogen-bond acceptors (Lipinski definition) is 11. The van der Waals surface area contributed by atoms with Crippen LogP contribution in [0.4, 0.5) is 0 Å². The van der Waals surface area contributed by atoms with E-state index in [1.165, 1.54) is 57.4 Å². The number of aromatic nitrogens is 4. The summed E-state index contributed by atoms with van der Waals surface area (Å²) in [6.07, 6.45) is 0. The van der Waals surface area contributed by atoms with Crippen molar-refractivity contribution in [3.63, 3.8) is 0 Å². The van der Waals surface area contributed by atoms with Gasteiger partial charge in [0.05, 0.1) is 0 Å². The first kappa shape index (κ1) is 22.8. The molecular formula is C18H19N7O6S2. The Morgan fingerprint density at radius 2 is 2.21 bits per heavy atom. The molecule has 3 atom stereocenters. The highest BCUT2D eigenvalue weighted by Crippen LogP contribution is 2.44. The van der Waals surface area contributed by atoms with Crippen LogP contribution in [0.2, 0.25) is 0 Å². The van der Waals surface area contributed by atoms with Crippen molar-refractivity contribution in [1.82, 2.24) is 30.4 Å². The third-order valence-corrected chi connectivity index (χ3v) is 8.27. The first-order valence-corrected chi connectivity index (χ1v) is 11.6. The quantitative estimate of drug-likeness (QED) is 0.126. The molecule has 0 bridgehead atoms. The summed E-state index contributed by atoms with van der Waals surface area (Å²) in [5.41, 5.74) is -1.39. The van der Waals surface area contributed by atoms with Crippen molar-refractivity contribution >= 4 is 47.0 Å². The molecule has 33 heavy (non-hydrogen) atoms. The Morgan fingerprint density at radius 1 is 1.42 bits per heavy atom. The number of hydrogen-bond donors (Lipinski definition) is 4. The van der Waals surface area contributed by atoms with E-state index < -0.39 is 34.6 Å². The number of carboxylic acid groups (broad SMARTS) is 1. The molecular weight excluding hydrogens is 474 g/mol. The van der Waals surface area contributed by atoms with Crippen LogP contribution in [-0.2, 0) is 21.4 Å². The number of fused-ring (bicyclic) bond motifs is 1. The fourth-order valence-corrected chi connectivity index (χ4v) is 6.26. The first-order valence-electron chi connectivity index (χ1n) is 9.59. The molecule has 1 aromatic heterocycles. The normalized spacial score (nSPS) is 24.7. The average Bonchev–Trinajstić information content (AvgIpc) is 3.21. The number of nitrogens with one attached hydrogen (secondary N) is 1. The lowest BCUT2D eigenvalue weighted by atomic mass is 9.89. The van der Waals surface area contributed by atoms with Gasteiger partial charge in [0.25, 0.3) is 5.91 Å². The summed E-state index contributed by atoms with van der Waals surface area (Å²) in [7, 11) is 1.65. The van der Waals surface area contributed by atoms with E-state index in [2.05, 4.69) is 26.0 Å². The summed E-state index contributed by atoms with van der Waals surface area (Å²) in [4.78, 5) is 38.9. The van der Waals surface area contributed by atoms with E-state index in [0.29, 0.717) is 5.16 Å². The molecule has 3 heterocycles. The van der Waals surface area contributed by atoms with Gasteiger partial charge in [0.15, 0.2) is 5.71 Å². The number of oxime groups is 1. The third kappa shape index (κ3) is 4.20. The van der Waals surface area contributed by atoms with Crippen LogP contribution < -0.4 is 5.32 Å². The number of phenols is 1. The second-order valence-corrected chi connectivity index (χ2v) is 9.62. The molecule has 0 aliphatic carbocycles. The summed E-state index contributed by atoms with van der Waals surface area (Å²) in [5.74, 6) is -1.98. The summed E-state index contributed by atoms with van der Waals surface area (Å²) in [6, 6.07) is 4.72. The average molecular weight is 494 g/mol. The number of phenolic OH excluding ortho intramolecular Hbond substituents is 1. The van der Waals surface area contributed by atoms with Gasteiger partial charge < -0.3 is 25.6 Å². The molecule has 2 saturated heterocycles. The number of β-lactam (4-membered cyclic amide) rings is 1. The summed E-state index contributed by atoms with van der Waals surface area (Å²) >= 11 is 2.45. The SMILES string of the molecule is Cn1nnnc1SCC1(C(=O)O)CS[C@@H]2C(NC(=O)C(=NO)c3cccc(O)c3)C(=O)N2C1. The number of amides is 2. The van der Waals surface area contributed by atoms with Crippen molar-refractivity contribution in [2.24, 2.45) is 17.6 Å². The number of aliphatic carboxylic acids is 1. The van der Waals surface area contributed by atoms with E-state index in [4.69, 9.17) is 0 Å². The van der Waals surface area contributed by atoms with Gasteiger partial charge in [-0.15, -0.1) is 16.9 Å². The maximum Gasteiger partial charge on any atom is 0.313 e. The molecule has 2 amide bonds. The van der Waals surface area contributed by atoms with E-state index in [-0.39, 0.29) is 35.1 Å². The number of carbonyl (C=O) groups excluding carboxylic acids is 2. The maximum absolute atomic E-state index is 12.7. The predicted octanol–water partition coefficient (Wildman–Crippen LogP) is -0.643. The number of carbonyl (C=O) groups is 3. The van der Waals surface area contributed by atoms with Crippen molar-refractivity contribution in [3.8, 4) is 5.75 Å². The molecule has 2 unspecified atom stereocenters. The Balaban J connectivity index is 1.42. The number of benzene rings is 1. The monoisotopic (exact) mass is 493 g/mol. The number of carboxylic acids is 1. The Hall–Kier alpha value is -3.33. The number of aryl methyl sites for hydroxylation is 1. The van der Waals surface area contributed by atoms with Crippen molar-refractivity contribution in [2.75, 3.05) is 18.1 Å². The maximum atomic E-state index is 12.7. The van der Waals surface area contributed by atoms with Crippen molar-refractivity contribution in [3.05, 3.63) is 29.8 Å². The highest BCUT2D eigenvalue weighted by atomic mass is 32.2. The van der Waals surface area contributed by atoms with Crippen LogP contribution in [-0.4, -0.2) is 93.5 Å². The molecule has 174 valence electrons. The lowest BCUT2D eigenvalue weighted by Crippen LogP contribution is -2.74. The Bertz CT molecular complexity index is 1140. The van der Waals surface area contributed by atoms with Crippen LogP contribution in [0, 0.1) is 5.41 Å². The van der Waals surface area contributed by atoms with Gasteiger partial charge in [0.2, 0.25) is 11.1 Å². The highest BCUT2D eigenvalue weighted by Gasteiger charge is 2.57. The van der Waals surface area contributed by atoms with Gasteiger partial charge >= 0.3 is 5.97 Å². The van der Waals surface area contributed by atoms with E-state index in [1.54, 1.807) is 7.05 Å². The highest BCUT2D eigenvalue weighted by molar-refractivity contribution is 8.00. The zero-order chi connectivity index (χ0) is 23.8. The fraction of sp³-hybridized carbons (Fsp3) is 0.389. The minimum atomic E-state index is -1.21. The number of rotatable bonds is 7. The second-order valence-electron chi connectivity index (χ2n) is 7.58. The van der Waals surface area contributed by atoms with Gasteiger partial charge in [-0.05, 0) is 22.6 Å². The first-order chi connectivity index (χ1) is 15.8. The molecule has 0 saturated carbocycles. The predicted molar refractivity (Wildman–Crippen MR) is 116 cm³/mol. The van der Waals surface area contributed by atoms with E-state index in [0.717, 1.165) is 0 Å². The van der Waals surface area contributed by atoms with Gasteiger partial charge in [0, 0.05) is 30.7 Å². The summed E-state index contributed by atoms with van der Waals surface area (Å²) < 4.78 is 1.44. The zero-order valence-corrected chi connectivity index (χ0v) is 18.8. The molecule has 0 spiro atoms. The van der Waals surface area contributed by atoms with Crippen LogP contribution in [0.25, 0.3) is 0 Å². The fourth-order valence-electron chi connectivity index (χ4n) is 3.55. The molecule has 2 aromatic rings. The lowest BCUT2D eigenvalue weighted by Gasteiger charge is -2.53. The van der Waals surface area contributed by atoms with Crippen LogP contribution in [0.5, 0.6) is 5.75 Å². The number of thioether (sulfide) groups is 2. The number of tetrazole rings is 1. The Labute approximate surface area is 195 Å². The van der Waals surface area contributed by atoms with E-state index >= 15 is 0 Å². The van der Waals surface area contributed by atoms with Gasteiger partial charge in [-0.1, -0.05) is 29.1 Å². The minimum Gasteiger partial charge on any atom is -0.508 e. The number of nitrogens with zero attached hydrogens (tertiary/aromatic N) is 6. The minimum absolute atomic E-state index is 0.0169. The van der Waals surface area contributed by atoms with E-state index in [9.17, 15) is 29.8 Å². The van der Waals surface area contributed by atoms with Crippen LogP contribution in [0.15, 0.2) is 34.6 Å². The zero-order valence-electron chi connectivity index (χ0n) is 17.2. The standard InChI is InChI=1S/C18H19N7O6S2/c1-24-17(20-22-23-24)33-8-18(16(29)30)6-25-14(28)12(15(25)32-7-18)19-13(27)11(21-31)9-3-2-4-10(26)5-9/h2-5,12,15,26,31H,6-8H2,1H3,(H,19,27)(H,29,30)/t12?,15-,18?/m1/s1. The smallest absolute Gasteiger partial charge is 0.313 e. The van der Waals surface area contributed by atoms with Crippen molar-refractivity contribution in [2.45, 2.75) is 16.6 Å². The van der Waals surface area contributed by atoms with Crippen LogP contribution in [0.1, 0.15) is 5.56 Å². The molecule has 2 aliphatic heterocycles. The summed E-state index contributed by atoms with van der Waals surface area (Å²) in [5, 5.41) is 45.5. The summed E-state index contributed by atoms with van der Waals surface area (Å²) in [6.45, 7) is -0.0169. The topological polar surface area (TPSA) is 183 Å². The van der Waals surface area contributed by atoms with Gasteiger partial charge in [-0.25, -0.2) is 4.68 Å². The van der Waals surface area contributed by atoms with Gasteiger partial charge in [-0.3, -0.25) is 14.4 Å². The largest absolute Gasteiger partial charge is 0.508 e. The molecule has 4 rings (SSSR count). The van der Waals surface area contributed by atoms with Crippen LogP contribution >= 0.6 is 23.5 Å². The second kappa shape index (κ2) is 8.90. The van der Waals surface area contributed by atoms with Gasteiger partial charge in [0.1, 0.15) is 22.6 Å². The molecule has 13 nitrogen and oxygen atoms in total. The molecule has 2 aliphatic rings. The molecule has 0 radical (unpaired) electrons.